The zero-order valence-electron chi connectivity index (χ0n) is 22.8. The van der Waals surface area contributed by atoms with E-state index in [0.717, 1.165) is 62.2 Å². The third kappa shape index (κ3) is 6.52. The summed E-state index contributed by atoms with van der Waals surface area (Å²) in [7, 11) is 1.75. The van der Waals surface area contributed by atoms with E-state index < -0.39 is 0 Å². The van der Waals surface area contributed by atoms with Gasteiger partial charge in [-0.3, -0.25) is 4.79 Å². The second kappa shape index (κ2) is 12.5. The number of rotatable bonds is 10. The molecule has 0 spiro atoms. The topological polar surface area (TPSA) is 80.7 Å². The Morgan fingerprint density at radius 1 is 1.05 bits per heavy atom. The third-order valence-electron chi connectivity index (χ3n) is 7.85. The molecule has 3 aromatic carbocycles. The van der Waals surface area contributed by atoms with Crippen LogP contribution in [-0.4, -0.2) is 53.3 Å². The van der Waals surface area contributed by atoms with Crippen LogP contribution in [0.3, 0.4) is 0 Å². The molecule has 2 unspecified atom stereocenters. The number of aromatic nitrogens is 1. The molecule has 0 saturated carbocycles. The summed E-state index contributed by atoms with van der Waals surface area (Å²) in [6.45, 7) is 3.19. The van der Waals surface area contributed by atoms with Gasteiger partial charge in [-0.25, -0.2) is 0 Å². The predicted molar refractivity (Wildman–Crippen MR) is 157 cm³/mol. The van der Waals surface area contributed by atoms with Crippen LogP contribution in [0.4, 0.5) is 0 Å². The minimum atomic E-state index is -0.224. The van der Waals surface area contributed by atoms with E-state index in [4.69, 9.17) is 10.5 Å². The third-order valence-corrected chi connectivity index (χ3v) is 7.85. The highest BCUT2D eigenvalue weighted by Gasteiger charge is 2.28. The molecule has 3 N–H and O–H groups in total. The molecule has 1 saturated heterocycles. The zero-order valence-corrected chi connectivity index (χ0v) is 22.8. The molecule has 39 heavy (non-hydrogen) atoms. The van der Waals surface area contributed by atoms with Crippen molar-refractivity contribution < 1.29 is 14.6 Å². The average molecular weight is 526 g/mol. The lowest BCUT2D eigenvalue weighted by Crippen LogP contribution is -2.42. The standard InChI is InChI=1S/C33H39N3O3/c1-39-19-5-18-36-31-8-3-2-6-27(31)21-32(36)28-7-4-17-35(23-28)33(38)22-29(34)20-24-9-11-25(12-10-24)26-13-15-30(37)16-14-26/h2-3,6,8-16,21,28-29,37H,4-5,7,17-20,22-23,34H2,1H3. The first-order valence-electron chi connectivity index (χ1n) is 14.0. The Labute approximate surface area is 231 Å². The van der Waals surface area contributed by atoms with Crippen LogP contribution in [-0.2, 0) is 22.5 Å². The molecule has 204 valence electrons. The summed E-state index contributed by atoms with van der Waals surface area (Å²) in [6, 6.07) is 26.1. The fourth-order valence-corrected chi connectivity index (χ4v) is 5.85. The number of phenols is 1. The maximum Gasteiger partial charge on any atom is 0.224 e. The number of nitrogens with two attached hydrogens (primary N) is 1. The SMILES string of the molecule is COCCCn1c(C2CCCN(C(=O)CC(N)Cc3ccc(-c4ccc(O)cc4)cc3)C2)cc2ccccc21. The quantitative estimate of drug-likeness (QED) is 0.260. The van der Waals surface area contributed by atoms with Gasteiger partial charge < -0.3 is 25.0 Å². The molecule has 4 aromatic rings. The number of benzene rings is 3. The molecular weight excluding hydrogens is 486 g/mol. The van der Waals surface area contributed by atoms with Crippen molar-refractivity contribution in [1.29, 1.82) is 0 Å². The van der Waals surface area contributed by atoms with E-state index in [1.54, 1.807) is 19.2 Å². The molecule has 6 heteroatoms. The van der Waals surface area contributed by atoms with Crippen LogP contribution in [0.25, 0.3) is 22.0 Å². The van der Waals surface area contributed by atoms with Crippen molar-refractivity contribution >= 4 is 16.8 Å². The van der Waals surface area contributed by atoms with Gasteiger partial charge in [0.05, 0.1) is 0 Å². The van der Waals surface area contributed by atoms with E-state index in [0.29, 0.717) is 18.8 Å². The van der Waals surface area contributed by atoms with Crippen LogP contribution < -0.4 is 5.73 Å². The van der Waals surface area contributed by atoms with Crippen molar-refractivity contribution in [3.05, 3.63) is 90.1 Å². The number of methoxy groups -OCH3 is 1. The summed E-state index contributed by atoms with van der Waals surface area (Å²) >= 11 is 0. The summed E-state index contributed by atoms with van der Waals surface area (Å²) in [5, 5.41) is 10.8. The van der Waals surface area contributed by atoms with Gasteiger partial charge in [0.1, 0.15) is 5.75 Å². The lowest BCUT2D eigenvalue weighted by Gasteiger charge is -2.34. The van der Waals surface area contributed by atoms with Crippen LogP contribution in [0, 0.1) is 0 Å². The van der Waals surface area contributed by atoms with E-state index in [-0.39, 0.29) is 17.7 Å². The van der Waals surface area contributed by atoms with Crippen LogP contribution in [0.2, 0.25) is 0 Å². The minimum absolute atomic E-state index is 0.148. The van der Waals surface area contributed by atoms with Gasteiger partial charge in [-0.15, -0.1) is 0 Å². The van der Waals surface area contributed by atoms with E-state index in [2.05, 4.69) is 59.2 Å². The Morgan fingerprint density at radius 3 is 2.51 bits per heavy atom. The Kier molecular flexibility index (Phi) is 8.64. The number of likely N-dealkylation sites (tertiary alicyclic amines) is 1. The molecule has 0 aliphatic carbocycles. The Hall–Kier alpha value is -3.61. The normalized spacial score (nSPS) is 16.5. The summed E-state index contributed by atoms with van der Waals surface area (Å²) < 4.78 is 7.74. The van der Waals surface area contributed by atoms with Crippen molar-refractivity contribution in [1.82, 2.24) is 9.47 Å². The van der Waals surface area contributed by atoms with Crippen molar-refractivity contribution in [2.45, 2.75) is 50.6 Å². The molecular formula is C33H39N3O3. The van der Waals surface area contributed by atoms with Crippen LogP contribution >= 0.6 is 0 Å². The van der Waals surface area contributed by atoms with Gasteiger partial charge in [-0.1, -0.05) is 54.6 Å². The van der Waals surface area contributed by atoms with Crippen LogP contribution in [0.15, 0.2) is 78.9 Å². The highest BCUT2D eigenvalue weighted by molar-refractivity contribution is 5.82. The number of fused-ring (bicyclic) bond motifs is 1. The van der Waals surface area contributed by atoms with Gasteiger partial charge in [-0.05, 0) is 72.0 Å². The zero-order chi connectivity index (χ0) is 27.2. The number of aromatic hydroxyl groups is 1. The van der Waals surface area contributed by atoms with Crippen molar-refractivity contribution in [3.63, 3.8) is 0 Å². The first-order chi connectivity index (χ1) is 19.0. The Bertz CT molecular complexity index is 1380. The second-order valence-electron chi connectivity index (χ2n) is 10.7. The van der Waals surface area contributed by atoms with Gasteiger partial charge in [0.15, 0.2) is 0 Å². The van der Waals surface area contributed by atoms with Gasteiger partial charge in [0, 0.05) is 62.9 Å². The number of piperidine rings is 1. The van der Waals surface area contributed by atoms with Crippen LogP contribution in [0.5, 0.6) is 5.75 Å². The first kappa shape index (κ1) is 27.0. The van der Waals surface area contributed by atoms with Gasteiger partial charge in [-0.2, -0.15) is 0 Å². The summed E-state index contributed by atoms with van der Waals surface area (Å²) in [5.41, 5.74) is 12.3. The number of para-hydroxylation sites is 1. The minimum Gasteiger partial charge on any atom is -0.508 e. The number of amides is 1. The Morgan fingerprint density at radius 2 is 1.77 bits per heavy atom. The molecule has 2 atom stereocenters. The molecule has 0 bridgehead atoms. The fraction of sp³-hybridized carbons (Fsp3) is 0.364. The summed E-state index contributed by atoms with van der Waals surface area (Å²) in [4.78, 5) is 15.3. The summed E-state index contributed by atoms with van der Waals surface area (Å²) in [5.74, 6) is 0.728. The monoisotopic (exact) mass is 525 g/mol. The van der Waals surface area contributed by atoms with Gasteiger partial charge >= 0.3 is 0 Å². The fourth-order valence-electron chi connectivity index (χ4n) is 5.85. The number of carbonyl (C=O) groups excluding carboxylic acids is 1. The number of ether oxygens (including phenoxy) is 1. The lowest BCUT2D eigenvalue weighted by atomic mass is 9.93. The summed E-state index contributed by atoms with van der Waals surface area (Å²) in [6.07, 6.45) is 4.06. The highest BCUT2D eigenvalue weighted by Crippen LogP contribution is 2.32. The molecule has 1 aromatic heterocycles. The molecule has 0 radical (unpaired) electrons. The number of nitrogens with zero attached hydrogens (tertiary/aromatic N) is 2. The molecule has 1 aliphatic heterocycles. The van der Waals surface area contributed by atoms with Gasteiger partial charge in [0.2, 0.25) is 5.91 Å². The smallest absolute Gasteiger partial charge is 0.224 e. The van der Waals surface area contributed by atoms with Crippen LogP contribution in [0.1, 0.15) is 42.9 Å². The molecule has 6 nitrogen and oxygen atoms in total. The van der Waals surface area contributed by atoms with Crippen molar-refractivity contribution in [2.24, 2.45) is 5.73 Å². The number of hydrogen-bond donors (Lipinski definition) is 2. The maximum atomic E-state index is 13.3. The number of carbonyl (C=O) groups is 1. The van der Waals surface area contributed by atoms with E-state index in [1.807, 2.05) is 17.0 Å². The van der Waals surface area contributed by atoms with E-state index in [9.17, 15) is 9.90 Å². The number of aryl methyl sites for hydroxylation is 1. The highest BCUT2D eigenvalue weighted by atomic mass is 16.5. The molecule has 5 rings (SSSR count). The molecule has 1 fully saturated rings. The maximum absolute atomic E-state index is 13.3. The molecule has 2 heterocycles. The number of phenolic OH excluding ortho intramolecular Hbond substituents is 1. The average Bonchev–Trinajstić information content (AvgIpc) is 3.33. The lowest BCUT2D eigenvalue weighted by molar-refractivity contribution is -0.132. The van der Waals surface area contributed by atoms with Crippen molar-refractivity contribution in [3.8, 4) is 16.9 Å². The Balaban J connectivity index is 1.21. The second-order valence-corrected chi connectivity index (χ2v) is 10.7. The largest absolute Gasteiger partial charge is 0.508 e. The number of hydrogen-bond acceptors (Lipinski definition) is 4. The van der Waals surface area contributed by atoms with E-state index >= 15 is 0 Å². The van der Waals surface area contributed by atoms with E-state index in [1.165, 1.54) is 16.6 Å². The van der Waals surface area contributed by atoms with Gasteiger partial charge in [0.25, 0.3) is 0 Å². The first-order valence-corrected chi connectivity index (χ1v) is 14.0. The molecule has 1 aliphatic rings. The molecule has 1 amide bonds. The predicted octanol–water partition coefficient (Wildman–Crippen LogP) is 5.72. The van der Waals surface area contributed by atoms with Crippen molar-refractivity contribution in [2.75, 3.05) is 26.8 Å².